The third kappa shape index (κ3) is 8.31. The number of aliphatic hydroxyl groups is 2. The van der Waals surface area contributed by atoms with Gasteiger partial charge in [0.15, 0.2) is 0 Å². The van der Waals surface area contributed by atoms with Crippen molar-refractivity contribution >= 4 is 15.6 Å². The lowest BCUT2D eigenvalue weighted by atomic mass is 10.2. The zero-order valence-corrected chi connectivity index (χ0v) is 9.57. The Balaban J connectivity index is 4.27. The quantitative estimate of drug-likeness (QED) is 0.284. The second-order valence-corrected chi connectivity index (χ2v) is 5.10. The summed E-state index contributed by atoms with van der Waals surface area (Å²) in [6.07, 6.45) is -3.52. The van der Waals surface area contributed by atoms with Crippen LogP contribution in [0, 0.1) is 0 Å². The Morgan fingerprint density at radius 2 is 1.56 bits per heavy atom. The molecule has 0 radical (unpaired) electrons. The van der Waals surface area contributed by atoms with Crippen molar-refractivity contribution in [3.8, 4) is 0 Å². The van der Waals surface area contributed by atoms with Crippen LogP contribution in [-0.2, 0) is 18.2 Å². The highest BCUT2D eigenvalue weighted by Crippen LogP contribution is 2.39. The van der Waals surface area contributed by atoms with Gasteiger partial charge in [0.25, 0.3) is 0 Å². The Labute approximate surface area is 89.9 Å². The van der Waals surface area contributed by atoms with Crippen LogP contribution >= 0.6 is 15.6 Å². The lowest BCUT2D eigenvalue weighted by Crippen LogP contribution is -2.35. The van der Waals surface area contributed by atoms with E-state index < -0.39 is 41.1 Å². The number of hydrogen-bond acceptors (Lipinski definition) is 6. The molecule has 0 saturated carbocycles. The third-order valence-corrected chi connectivity index (χ3v) is 2.33. The number of phosphoric ester groups is 2. The van der Waals surface area contributed by atoms with Gasteiger partial charge >= 0.3 is 15.6 Å². The van der Waals surface area contributed by atoms with Crippen molar-refractivity contribution in [1.29, 1.82) is 0 Å². The molecule has 0 aliphatic heterocycles. The van der Waals surface area contributed by atoms with Gasteiger partial charge < -0.3 is 29.8 Å². The summed E-state index contributed by atoms with van der Waals surface area (Å²) < 4.78 is 28.4. The number of phosphoric acid groups is 2. The summed E-state index contributed by atoms with van der Waals surface area (Å²) in [5, 5.41) is 17.8. The molecule has 0 unspecified atom stereocenters. The van der Waals surface area contributed by atoms with Crippen molar-refractivity contribution in [2.45, 2.75) is 12.2 Å². The van der Waals surface area contributed by atoms with E-state index in [1.807, 2.05) is 0 Å². The Hall–Kier alpha value is 0.140. The highest BCUT2D eigenvalue weighted by molar-refractivity contribution is 7.46. The topological polar surface area (TPSA) is 174 Å². The van der Waals surface area contributed by atoms with Gasteiger partial charge in [0.1, 0.15) is 12.2 Å². The monoisotopic (exact) mass is 282 g/mol. The molecule has 0 aliphatic carbocycles. The first-order chi connectivity index (χ1) is 7.05. The zero-order valence-electron chi connectivity index (χ0n) is 7.78. The van der Waals surface area contributed by atoms with E-state index >= 15 is 0 Å². The molecule has 12 heteroatoms. The number of hydrogen-bond donors (Lipinski definition) is 6. The summed E-state index contributed by atoms with van der Waals surface area (Å²) in [5.41, 5.74) is 0. The molecular weight excluding hydrogens is 270 g/mol. The molecular formula is C4H12O10P2. The first-order valence-corrected chi connectivity index (χ1v) is 6.84. The van der Waals surface area contributed by atoms with Gasteiger partial charge in [-0.25, -0.2) is 9.13 Å². The lowest BCUT2D eigenvalue weighted by Gasteiger charge is -2.21. The van der Waals surface area contributed by atoms with Crippen LogP contribution in [0.3, 0.4) is 0 Å². The molecule has 0 fully saturated rings. The average Bonchev–Trinajstić information content (AvgIpc) is 2.07. The van der Waals surface area contributed by atoms with Crippen LogP contribution in [0.1, 0.15) is 0 Å². The van der Waals surface area contributed by atoms with Crippen LogP contribution in [0.5, 0.6) is 0 Å². The van der Waals surface area contributed by atoms with E-state index in [2.05, 4.69) is 9.05 Å². The van der Waals surface area contributed by atoms with Crippen LogP contribution < -0.4 is 0 Å². The molecule has 6 N–H and O–H groups in total. The third-order valence-electron chi connectivity index (χ3n) is 1.30. The molecule has 0 bridgehead atoms. The van der Waals surface area contributed by atoms with Gasteiger partial charge in [-0.3, -0.25) is 9.05 Å². The standard InChI is InChI=1S/C4H12O10P2/c5-1-4(14-16(10,11)12)3(6)2-13-15(7,8)9/h3-6H,1-2H2,(H2,7,8,9)(H2,10,11,12)/t3-,4+/m1/s1. The van der Waals surface area contributed by atoms with E-state index in [1.165, 1.54) is 0 Å². The lowest BCUT2D eigenvalue weighted by molar-refractivity contribution is -0.0363. The second kappa shape index (κ2) is 6.18. The highest BCUT2D eigenvalue weighted by atomic mass is 31.2. The maximum atomic E-state index is 10.4. The van der Waals surface area contributed by atoms with Crippen LogP contribution in [0.15, 0.2) is 0 Å². The van der Waals surface area contributed by atoms with E-state index in [9.17, 15) is 9.13 Å². The van der Waals surface area contributed by atoms with E-state index in [0.717, 1.165) is 0 Å². The largest absolute Gasteiger partial charge is 0.470 e. The molecule has 16 heavy (non-hydrogen) atoms. The summed E-state index contributed by atoms with van der Waals surface area (Å²) in [6.45, 7) is -1.91. The maximum Gasteiger partial charge on any atom is 0.470 e. The van der Waals surface area contributed by atoms with Crippen LogP contribution in [0.25, 0.3) is 0 Å². The molecule has 0 aromatic heterocycles. The van der Waals surface area contributed by atoms with Crippen molar-refractivity contribution < 1.29 is 48.0 Å². The minimum absolute atomic E-state index is 0.949. The summed E-state index contributed by atoms with van der Waals surface area (Å²) in [5.74, 6) is 0. The predicted octanol–water partition coefficient (Wildman–Crippen LogP) is -2.07. The van der Waals surface area contributed by atoms with Gasteiger partial charge in [-0.2, -0.15) is 0 Å². The Kier molecular flexibility index (Phi) is 6.23. The average molecular weight is 282 g/mol. The molecule has 0 aromatic carbocycles. The minimum atomic E-state index is -4.93. The van der Waals surface area contributed by atoms with Crippen LogP contribution in [-0.4, -0.2) is 55.2 Å². The van der Waals surface area contributed by atoms with E-state index in [-0.39, 0.29) is 0 Å². The van der Waals surface area contributed by atoms with Gasteiger partial charge in [0.05, 0.1) is 13.2 Å². The van der Waals surface area contributed by atoms with Crippen LogP contribution in [0.2, 0.25) is 0 Å². The first-order valence-electron chi connectivity index (χ1n) is 3.78. The summed E-state index contributed by atoms with van der Waals surface area (Å²) in [4.78, 5) is 33.3. The fourth-order valence-corrected chi connectivity index (χ4v) is 1.59. The molecule has 0 spiro atoms. The fraction of sp³-hybridized carbons (Fsp3) is 1.00. The summed E-state index contributed by atoms with van der Waals surface area (Å²) in [7, 11) is -9.74. The van der Waals surface area contributed by atoms with Crippen molar-refractivity contribution in [2.24, 2.45) is 0 Å². The Morgan fingerprint density at radius 1 is 1.06 bits per heavy atom. The van der Waals surface area contributed by atoms with Gasteiger partial charge in [-0.05, 0) is 0 Å². The summed E-state index contributed by atoms with van der Waals surface area (Å²) >= 11 is 0. The normalized spacial score (nSPS) is 17.1. The molecule has 98 valence electrons. The molecule has 0 amide bonds. The minimum Gasteiger partial charge on any atom is -0.394 e. The number of aliphatic hydroxyl groups excluding tert-OH is 2. The van der Waals surface area contributed by atoms with Crippen molar-refractivity contribution in [3.63, 3.8) is 0 Å². The first kappa shape index (κ1) is 16.1. The van der Waals surface area contributed by atoms with Gasteiger partial charge in [-0.1, -0.05) is 0 Å². The van der Waals surface area contributed by atoms with E-state index in [1.54, 1.807) is 0 Å². The fourth-order valence-electron chi connectivity index (χ4n) is 0.682. The Morgan fingerprint density at radius 3 is 1.88 bits per heavy atom. The predicted molar refractivity (Wildman–Crippen MR) is 48.0 cm³/mol. The van der Waals surface area contributed by atoms with Crippen molar-refractivity contribution in [3.05, 3.63) is 0 Å². The second-order valence-electron chi connectivity index (χ2n) is 2.67. The molecule has 0 aromatic rings. The van der Waals surface area contributed by atoms with Gasteiger partial charge in [0, 0.05) is 0 Å². The molecule has 0 saturated heterocycles. The van der Waals surface area contributed by atoms with Crippen molar-refractivity contribution in [2.75, 3.05) is 13.2 Å². The highest BCUT2D eigenvalue weighted by Gasteiger charge is 2.29. The Bertz CT molecular complexity index is 291. The molecule has 0 heterocycles. The van der Waals surface area contributed by atoms with Gasteiger partial charge in [0.2, 0.25) is 0 Å². The zero-order chi connectivity index (χ0) is 13.0. The van der Waals surface area contributed by atoms with Crippen molar-refractivity contribution in [1.82, 2.24) is 0 Å². The molecule has 0 rings (SSSR count). The van der Waals surface area contributed by atoms with Gasteiger partial charge in [-0.15, -0.1) is 0 Å². The van der Waals surface area contributed by atoms with E-state index in [4.69, 9.17) is 29.8 Å². The number of rotatable bonds is 7. The molecule has 10 nitrogen and oxygen atoms in total. The molecule has 0 aliphatic rings. The smallest absolute Gasteiger partial charge is 0.394 e. The van der Waals surface area contributed by atoms with E-state index in [0.29, 0.717) is 0 Å². The SMILES string of the molecule is O=P(O)(O)OC[C@@H](O)[C@H](CO)OP(=O)(O)O. The maximum absolute atomic E-state index is 10.4. The summed E-state index contributed by atoms with van der Waals surface area (Å²) in [6, 6.07) is 0. The molecule has 2 atom stereocenters. The van der Waals surface area contributed by atoms with Crippen LogP contribution in [0.4, 0.5) is 0 Å².